The number of rotatable bonds is 2. The van der Waals surface area contributed by atoms with Crippen molar-refractivity contribution in [2.75, 3.05) is 5.32 Å². The van der Waals surface area contributed by atoms with Gasteiger partial charge in [-0.3, -0.25) is 4.79 Å². The number of para-hydroxylation sites is 1. The lowest BCUT2D eigenvalue weighted by Crippen LogP contribution is -2.12. The van der Waals surface area contributed by atoms with E-state index >= 15 is 0 Å². The third-order valence-corrected chi connectivity index (χ3v) is 3.45. The smallest absolute Gasteiger partial charge is 0.257 e. The fraction of sp³-hybridized carbons (Fsp3) is 0. The quantitative estimate of drug-likeness (QED) is 0.815. The monoisotopic (exact) mass is 343 g/mol. The van der Waals surface area contributed by atoms with Crippen LogP contribution >= 0.6 is 39.1 Å². The molecule has 0 spiro atoms. The summed E-state index contributed by atoms with van der Waals surface area (Å²) in [5, 5.41) is 3.59. The number of carbonyl (C=O) groups is 1. The van der Waals surface area contributed by atoms with Gasteiger partial charge in [0.2, 0.25) is 0 Å². The van der Waals surface area contributed by atoms with Crippen LogP contribution in [0.3, 0.4) is 0 Å². The number of anilines is 1. The Kier molecular flexibility index (Phi) is 4.27. The molecule has 1 N–H and O–H groups in total. The van der Waals surface area contributed by atoms with Gasteiger partial charge in [0.15, 0.2) is 0 Å². The topological polar surface area (TPSA) is 29.1 Å². The van der Waals surface area contributed by atoms with Crippen LogP contribution in [0.4, 0.5) is 5.69 Å². The number of carbonyl (C=O) groups excluding carboxylic acids is 1. The van der Waals surface area contributed by atoms with Gasteiger partial charge in [-0.1, -0.05) is 51.3 Å². The SMILES string of the molecule is O=C(Nc1ccccc1Cl)c1cc(Br)ccc1Cl. The molecule has 0 unspecified atom stereocenters. The molecule has 0 bridgehead atoms. The van der Waals surface area contributed by atoms with E-state index < -0.39 is 0 Å². The average molecular weight is 345 g/mol. The second-order valence-corrected chi connectivity index (χ2v) is 5.29. The lowest BCUT2D eigenvalue weighted by atomic mass is 10.2. The maximum Gasteiger partial charge on any atom is 0.257 e. The zero-order valence-corrected chi connectivity index (χ0v) is 12.2. The predicted octanol–water partition coefficient (Wildman–Crippen LogP) is 5.01. The van der Waals surface area contributed by atoms with Gasteiger partial charge in [0, 0.05) is 4.47 Å². The second-order valence-electron chi connectivity index (χ2n) is 3.56. The van der Waals surface area contributed by atoms with Crippen LogP contribution in [0.5, 0.6) is 0 Å². The molecule has 18 heavy (non-hydrogen) atoms. The molecule has 0 heterocycles. The van der Waals surface area contributed by atoms with E-state index in [0.717, 1.165) is 4.47 Å². The Morgan fingerprint density at radius 3 is 2.50 bits per heavy atom. The summed E-state index contributed by atoms with van der Waals surface area (Å²) in [5.41, 5.74) is 0.950. The van der Waals surface area contributed by atoms with Gasteiger partial charge in [-0.15, -0.1) is 0 Å². The Balaban J connectivity index is 2.28. The minimum atomic E-state index is -0.297. The number of benzene rings is 2. The first-order valence-corrected chi connectivity index (χ1v) is 6.64. The first-order valence-electron chi connectivity index (χ1n) is 5.09. The number of hydrogen-bond donors (Lipinski definition) is 1. The van der Waals surface area contributed by atoms with Gasteiger partial charge in [-0.2, -0.15) is 0 Å². The second kappa shape index (κ2) is 5.74. The molecule has 0 atom stereocenters. The molecule has 0 saturated carbocycles. The van der Waals surface area contributed by atoms with Crippen LogP contribution in [0.25, 0.3) is 0 Å². The summed E-state index contributed by atoms with van der Waals surface area (Å²) in [7, 11) is 0. The highest BCUT2D eigenvalue weighted by Gasteiger charge is 2.12. The van der Waals surface area contributed by atoms with Crippen LogP contribution in [0.2, 0.25) is 10.0 Å². The summed E-state index contributed by atoms with van der Waals surface area (Å²) in [5.74, 6) is -0.297. The predicted molar refractivity (Wildman–Crippen MR) is 78.6 cm³/mol. The molecule has 0 aliphatic carbocycles. The van der Waals surface area contributed by atoms with E-state index in [0.29, 0.717) is 21.3 Å². The van der Waals surface area contributed by atoms with E-state index in [-0.39, 0.29) is 5.91 Å². The van der Waals surface area contributed by atoms with Crippen molar-refractivity contribution < 1.29 is 4.79 Å². The highest BCUT2D eigenvalue weighted by molar-refractivity contribution is 9.10. The summed E-state index contributed by atoms with van der Waals surface area (Å²) < 4.78 is 0.788. The van der Waals surface area contributed by atoms with Crippen molar-refractivity contribution in [3.63, 3.8) is 0 Å². The first-order chi connectivity index (χ1) is 8.58. The van der Waals surface area contributed by atoms with E-state index in [2.05, 4.69) is 21.2 Å². The average Bonchev–Trinajstić information content (AvgIpc) is 2.35. The van der Waals surface area contributed by atoms with Gasteiger partial charge in [-0.25, -0.2) is 0 Å². The lowest BCUT2D eigenvalue weighted by Gasteiger charge is -2.08. The molecule has 0 fully saturated rings. The van der Waals surface area contributed by atoms with Crippen molar-refractivity contribution >= 4 is 50.7 Å². The third kappa shape index (κ3) is 3.05. The van der Waals surface area contributed by atoms with E-state index in [1.807, 2.05) is 0 Å². The molecule has 2 nitrogen and oxygen atoms in total. The van der Waals surface area contributed by atoms with Gasteiger partial charge in [0.1, 0.15) is 0 Å². The molecule has 0 aliphatic rings. The van der Waals surface area contributed by atoms with Crippen LogP contribution < -0.4 is 5.32 Å². The molecule has 0 saturated heterocycles. The fourth-order valence-electron chi connectivity index (χ4n) is 1.42. The third-order valence-electron chi connectivity index (χ3n) is 2.30. The molecule has 92 valence electrons. The highest BCUT2D eigenvalue weighted by Crippen LogP contribution is 2.24. The summed E-state index contributed by atoms with van der Waals surface area (Å²) in [6.45, 7) is 0. The van der Waals surface area contributed by atoms with Gasteiger partial charge >= 0.3 is 0 Å². The van der Waals surface area contributed by atoms with E-state index in [1.165, 1.54) is 0 Å². The first kappa shape index (κ1) is 13.4. The standard InChI is InChI=1S/C13H8BrCl2NO/c14-8-5-6-10(15)9(7-8)13(18)17-12-4-2-1-3-11(12)16/h1-7H,(H,17,18). The summed E-state index contributed by atoms with van der Waals surface area (Å²) in [6, 6.07) is 12.1. The van der Waals surface area contributed by atoms with Gasteiger partial charge < -0.3 is 5.32 Å². The Morgan fingerprint density at radius 2 is 1.78 bits per heavy atom. The van der Waals surface area contributed by atoms with Crippen LogP contribution in [0.1, 0.15) is 10.4 Å². The molecule has 0 aromatic heterocycles. The van der Waals surface area contributed by atoms with Crippen molar-refractivity contribution in [3.05, 3.63) is 62.5 Å². The zero-order valence-electron chi connectivity index (χ0n) is 9.08. The summed E-state index contributed by atoms with van der Waals surface area (Å²) >= 11 is 15.3. The summed E-state index contributed by atoms with van der Waals surface area (Å²) in [6.07, 6.45) is 0. The van der Waals surface area contributed by atoms with Crippen molar-refractivity contribution in [1.29, 1.82) is 0 Å². The molecular formula is C13H8BrCl2NO. The van der Waals surface area contributed by atoms with Crippen molar-refractivity contribution in [2.45, 2.75) is 0 Å². The van der Waals surface area contributed by atoms with Crippen molar-refractivity contribution in [1.82, 2.24) is 0 Å². The Labute approximate surface area is 123 Å². The number of hydrogen-bond acceptors (Lipinski definition) is 1. The van der Waals surface area contributed by atoms with E-state index in [4.69, 9.17) is 23.2 Å². The number of amides is 1. The van der Waals surface area contributed by atoms with Gasteiger partial charge in [-0.05, 0) is 30.3 Å². The molecular weight excluding hydrogens is 337 g/mol. The number of nitrogens with one attached hydrogen (secondary N) is 1. The Bertz CT molecular complexity index is 601. The molecule has 0 aliphatic heterocycles. The normalized spacial score (nSPS) is 10.2. The summed E-state index contributed by atoms with van der Waals surface area (Å²) in [4.78, 5) is 12.1. The minimum Gasteiger partial charge on any atom is -0.321 e. The van der Waals surface area contributed by atoms with Crippen LogP contribution in [0, 0.1) is 0 Å². The molecule has 2 rings (SSSR count). The Morgan fingerprint density at radius 1 is 1.06 bits per heavy atom. The maximum absolute atomic E-state index is 12.1. The molecule has 1 amide bonds. The molecule has 5 heteroatoms. The van der Waals surface area contributed by atoms with Crippen LogP contribution in [-0.2, 0) is 0 Å². The van der Waals surface area contributed by atoms with E-state index in [9.17, 15) is 4.79 Å². The fourth-order valence-corrected chi connectivity index (χ4v) is 2.17. The lowest BCUT2D eigenvalue weighted by molar-refractivity contribution is 0.102. The maximum atomic E-state index is 12.1. The molecule has 0 radical (unpaired) electrons. The largest absolute Gasteiger partial charge is 0.321 e. The van der Waals surface area contributed by atoms with Crippen LogP contribution in [0.15, 0.2) is 46.9 Å². The van der Waals surface area contributed by atoms with Crippen LogP contribution in [-0.4, -0.2) is 5.91 Å². The number of halogens is 3. The molecule has 2 aromatic carbocycles. The highest BCUT2D eigenvalue weighted by atomic mass is 79.9. The van der Waals surface area contributed by atoms with Gasteiger partial charge in [0.25, 0.3) is 5.91 Å². The molecule has 2 aromatic rings. The Hall–Kier alpha value is -1.03. The van der Waals surface area contributed by atoms with Crippen molar-refractivity contribution in [2.24, 2.45) is 0 Å². The minimum absolute atomic E-state index is 0.297. The zero-order chi connectivity index (χ0) is 13.1. The van der Waals surface area contributed by atoms with Gasteiger partial charge in [0.05, 0.1) is 21.3 Å². The van der Waals surface area contributed by atoms with E-state index in [1.54, 1.807) is 42.5 Å². The van der Waals surface area contributed by atoms with Crippen molar-refractivity contribution in [3.8, 4) is 0 Å².